The molecule has 1 aromatic carbocycles. The third kappa shape index (κ3) is 4.91. The molecule has 0 radical (unpaired) electrons. The fourth-order valence-electron chi connectivity index (χ4n) is 2.21. The lowest BCUT2D eigenvalue weighted by atomic mass is 9.93. The molecule has 0 aliphatic rings. The van der Waals surface area contributed by atoms with Gasteiger partial charge in [-0.3, -0.25) is 15.1 Å². The van der Waals surface area contributed by atoms with Crippen molar-refractivity contribution in [1.29, 1.82) is 0 Å². The Morgan fingerprint density at radius 2 is 1.64 bits per heavy atom. The monoisotopic (exact) mass is 380 g/mol. The molecule has 9 nitrogen and oxygen atoms in total. The maximum Gasteiger partial charge on any atom is 0.324 e. The number of hydrogen-bond acceptors (Lipinski definition) is 6. The number of rotatable bonds is 4. The Morgan fingerprint density at radius 3 is 2.21 bits per heavy atom. The SMILES string of the molecule is CC(C)(C)c1cc(NC(=O)Nc2ccc(NC(=O)c3cnccn3)cc2)no1. The van der Waals surface area contributed by atoms with Gasteiger partial charge in [-0.15, -0.1) is 0 Å². The zero-order chi connectivity index (χ0) is 20.1. The molecule has 2 heterocycles. The standard InChI is InChI=1S/C19H20N6O3/c1-19(2,3)15-10-16(25-28-15)24-18(27)23-13-6-4-12(5-7-13)22-17(26)14-11-20-8-9-21-14/h4-11H,1-3H3,(H,22,26)(H2,23,24,25,27). The van der Waals surface area contributed by atoms with Crippen LogP contribution < -0.4 is 16.0 Å². The second kappa shape index (κ2) is 7.87. The molecule has 0 saturated heterocycles. The lowest BCUT2D eigenvalue weighted by Gasteiger charge is -2.12. The van der Waals surface area contributed by atoms with Crippen LogP contribution in [0.2, 0.25) is 0 Å². The molecule has 0 unspecified atom stereocenters. The van der Waals surface area contributed by atoms with Gasteiger partial charge in [-0.05, 0) is 24.3 Å². The van der Waals surface area contributed by atoms with Crippen molar-refractivity contribution >= 4 is 29.1 Å². The van der Waals surface area contributed by atoms with Crippen LogP contribution in [-0.2, 0) is 5.41 Å². The number of benzene rings is 1. The molecular formula is C19H20N6O3. The van der Waals surface area contributed by atoms with E-state index in [1.165, 1.54) is 18.6 Å². The molecule has 9 heteroatoms. The summed E-state index contributed by atoms with van der Waals surface area (Å²) in [6, 6.07) is 7.88. The molecule has 0 saturated carbocycles. The van der Waals surface area contributed by atoms with Gasteiger partial charge in [0, 0.05) is 35.2 Å². The van der Waals surface area contributed by atoms with Crippen molar-refractivity contribution in [3.05, 3.63) is 60.4 Å². The molecule has 2 aromatic heterocycles. The van der Waals surface area contributed by atoms with Crippen molar-refractivity contribution in [3.63, 3.8) is 0 Å². The molecule has 3 amide bonds. The van der Waals surface area contributed by atoms with Crippen molar-refractivity contribution in [2.75, 3.05) is 16.0 Å². The molecule has 0 bridgehead atoms. The number of nitrogens with one attached hydrogen (secondary N) is 3. The van der Waals surface area contributed by atoms with Gasteiger partial charge in [-0.1, -0.05) is 25.9 Å². The van der Waals surface area contributed by atoms with Crippen molar-refractivity contribution in [3.8, 4) is 0 Å². The summed E-state index contributed by atoms with van der Waals surface area (Å²) in [5, 5.41) is 11.8. The number of carbonyl (C=O) groups excluding carboxylic acids is 2. The summed E-state index contributed by atoms with van der Waals surface area (Å²) in [7, 11) is 0. The quantitative estimate of drug-likeness (QED) is 0.635. The zero-order valence-electron chi connectivity index (χ0n) is 15.7. The minimum Gasteiger partial charge on any atom is -0.359 e. The number of amides is 3. The predicted molar refractivity (Wildman–Crippen MR) is 104 cm³/mol. The molecule has 0 aliphatic heterocycles. The minimum absolute atomic E-state index is 0.199. The van der Waals surface area contributed by atoms with Gasteiger partial charge in [0.15, 0.2) is 5.82 Å². The Balaban J connectivity index is 1.56. The van der Waals surface area contributed by atoms with Gasteiger partial charge in [0.25, 0.3) is 5.91 Å². The molecule has 0 atom stereocenters. The Kier molecular flexibility index (Phi) is 5.35. The number of carbonyl (C=O) groups is 2. The summed E-state index contributed by atoms with van der Waals surface area (Å²) in [5.41, 5.74) is 1.13. The summed E-state index contributed by atoms with van der Waals surface area (Å²) < 4.78 is 5.23. The Morgan fingerprint density at radius 1 is 0.964 bits per heavy atom. The Labute approximate surface area is 161 Å². The van der Waals surface area contributed by atoms with E-state index in [2.05, 4.69) is 31.1 Å². The average molecular weight is 380 g/mol. The van der Waals surface area contributed by atoms with Crippen LogP contribution in [-0.4, -0.2) is 27.1 Å². The summed E-state index contributed by atoms with van der Waals surface area (Å²) in [6.07, 6.45) is 4.32. The Hall–Kier alpha value is -3.75. The van der Waals surface area contributed by atoms with Crippen LogP contribution in [0, 0.1) is 0 Å². The maximum absolute atomic E-state index is 12.1. The summed E-state index contributed by atoms with van der Waals surface area (Å²) in [4.78, 5) is 31.9. The number of anilines is 3. The second-order valence-corrected chi connectivity index (χ2v) is 7.03. The van der Waals surface area contributed by atoms with Crippen molar-refractivity contribution in [2.24, 2.45) is 0 Å². The van der Waals surface area contributed by atoms with E-state index in [0.717, 1.165) is 0 Å². The van der Waals surface area contributed by atoms with E-state index < -0.39 is 6.03 Å². The first-order valence-corrected chi connectivity index (χ1v) is 8.54. The highest BCUT2D eigenvalue weighted by atomic mass is 16.5. The Bertz CT molecular complexity index is 961. The van der Waals surface area contributed by atoms with E-state index in [1.54, 1.807) is 30.3 Å². The van der Waals surface area contributed by atoms with Crippen molar-refractivity contribution in [1.82, 2.24) is 15.1 Å². The lowest BCUT2D eigenvalue weighted by molar-refractivity contribution is 0.102. The smallest absolute Gasteiger partial charge is 0.324 e. The number of hydrogen-bond donors (Lipinski definition) is 3. The van der Waals surface area contributed by atoms with E-state index in [1.807, 2.05) is 20.8 Å². The summed E-state index contributed by atoms with van der Waals surface area (Å²) >= 11 is 0. The first kappa shape index (κ1) is 19.0. The second-order valence-electron chi connectivity index (χ2n) is 7.03. The third-order valence-electron chi connectivity index (χ3n) is 3.69. The molecule has 0 spiro atoms. The maximum atomic E-state index is 12.1. The van der Waals surface area contributed by atoms with E-state index in [0.29, 0.717) is 23.0 Å². The van der Waals surface area contributed by atoms with E-state index in [9.17, 15) is 9.59 Å². The highest BCUT2D eigenvalue weighted by Gasteiger charge is 2.20. The van der Waals surface area contributed by atoms with Crippen LogP contribution in [0.15, 0.2) is 53.4 Å². The van der Waals surface area contributed by atoms with Crippen molar-refractivity contribution in [2.45, 2.75) is 26.2 Å². The van der Waals surface area contributed by atoms with Crippen molar-refractivity contribution < 1.29 is 14.1 Å². The number of urea groups is 1. The van der Waals surface area contributed by atoms with Crippen LogP contribution in [0.1, 0.15) is 37.0 Å². The van der Waals surface area contributed by atoms with Gasteiger partial charge in [0.05, 0.1) is 6.20 Å². The van der Waals surface area contributed by atoms with Crippen LogP contribution in [0.4, 0.5) is 22.0 Å². The largest absolute Gasteiger partial charge is 0.359 e. The van der Waals surface area contributed by atoms with Crippen LogP contribution in [0.3, 0.4) is 0 Å². The fraction of sp³-hybridized carbons (Fsp3) is 0.211. The molecule has 0 fully saturated rings. The van der Waals surface area contributed by atoms with E-state index in [-0.39, 0.29) is 17.0 Å². The van der Waals surface area contributed by atoms with E-state index >= 15 is 0 Å². The topological polar surface area (TPSA) is 122 Å². The van der Waals surface area contributed by atoms with Crippen LogP contribution in [0.5, 0.6) is 0 Å². The predicted octanol–water partition coefficient (Wildman–Crippen LogP) is 3.66. The fourth-order valence-corrected chi connectivity index (χ4v) is 2.21. The molecule has 3 rings (SSSR count). The van der Waals surface area contributed by atoms with Gasteiger partial charge >= 0.3 is 6.03 Å². The average Bonchev–Trinajstić information content (AvgIpc) is 3.13. The van der Waals surface area contributed by atoms with Crippen LogP contribution in [0.25, 0.3) is 0 Å². The van der Waals surface area contributed by atoms with Gasteiger partial charge in [0.2, 0.25) is 0 Å². The zero-order valence-corrected chi connectivity index (χ0v) is 15.7. The normalized spacial score (nSPS) is 11.0. The summed E-state index contributed by atoms with van der Waals surface area (Å²) in [5.74, 6) is 0.633. The highest BCUT2D eigenvalue weighted by Crippen LogP contribution is 2.24. The molecule has 3 N–H and O–H groups in total. The third-order valence-corrected chi connectivity index (χ3v) is 3.69. The molecular weight excluding hydrogens is 360 g/mol. The van der Waals surface area contributed by atoms with Gasteiger partial charge in [-0.25, -0.2) is 9.78 Å². The van der Waals surface area contributed by atoms with E-state index in [4.69, 9.17) is 4.52 Å². The minimum atomic E-state index is -0.454. The van der Waals surface area contributed by atoms with Gasteiger partial charge in [-0.2, -0.15) is 0 Å². The molecule has 3 aromatic rings. The molecule has 0 aliphatic carbocycles. The van der Waals surface area contributed by atoms with Crippen LogP contribution >= 0.6 is 0 Å². The van der Waals surface area contributed by atoms with Gasteiger partial charge in [0.1, 0.15) is 11.5 Å². The lowest BCUT2D eigenvalue weighted by Crippen LogP contribution is -2.19. The summed E-state index contributed by atoms with van der Waals surface area (Å²) in [6.45, 7) is 5.96. The van der Waals surface area contributed by atoms with Gasteiger partial charge < -0.3 is 15.2 Å². The number of aromatic nitrogens is 3. The molecule has 28 heavy (non-hydrogen) atoms. The highest BCUT2D eigenvalue weighted by molar-refractivity contribution is 6.03. The molecule has 144 valence electrons. The first-order chi connectivity index (χ1) is 13.3. The number of nitrogens with zero attached hydrogens (tertiary/aromatic N) is 3. The first-order valence-electron chi connectivity index (χ1n) is 8.54.